The first-order chi connectivity index (χ1) is 7.75. The molecular weight excluding hydrogens is 224 g/mol. The standard InChI is InChI=1S/C9H8N6S/c10-4-1-2-16-6(4)9-14-5-7(11)12-3-13-8(5)15-9/h1-3H,10H2,(H3,11,12,13,14,15). The average molecular weight is 232 g/mol. The van der Waals surface area contributed by atoms with Crippen LogP contribution in [0.2, 0.25) is 0 Å². The molecule has 0 bridgehead atoms. The zero-order valence-corrected chi connectivity index (χ0v) is 8.95. The normalized spacial score (nSPS) is 11.0. The number of H-pyrrole nitrogens is 1. The number of imidazole rings is 1. The van der Waals surface area contributed by atoms with E-state index in [1.807, 2.05) is 11.4 Å². The molecule has 0 saturated heterocycles. The lowest BCUT2D eigenvalue weighted by Gasteiger charge is -1.92. The maximum atomic E-state index is 5.82. The molecule has 6 nitrogen and oxygen atoms in total. The van der Waals surface area contributed by atoms with Crippen molar-refractivity contribution in [3.63, 3.8) is 0 Å². The van der Waals surface area contributed by atoms with Crippen molar-refractivity contribution < 1.29 is 0 Å². The van der Waals surface area contributed by atoms with Gasteiger partial charge in [0, 0.05) is 0 Å². The number of thiophene rings is 1. The van der Waals surface area contributed by atoms with Crippen molar-refractivity contribution in [3.8, 4) is 10.7 Å². The van der Waals surface area contributed by atoms with Crippen LogP contribution in [0.4, 0.5) is 11.5 Å². The summed E-state index contributed by atoms with van der Waals surface area (Å²) in [6, 6.07) is 1.84. The van der Waals surface area contributed by atoms with Crippen LogP contribution in [0, 0.1) is 0 Å². The smallest absolute Gasteiger partial charge is 0.183 e. The molecule has 0 aliphatic rings. The molecule has 80 valence electrons. The molecule has 16 heavy (non-hydrogen) atoms. The highest BCUT2D eigenvalue weighted by Gasteiger charge is 2.11. The summed E-state index contributed by atoms with van der Waals surface area (Å²) in [5, 5.41) is 1.91. The maximum absolute atomic E-state index is 5.82. The Labute approximate surface area is 94.4 Å². The monoisotopic (exact) mass is 232 g/mol. The predicted octanol–water partition coefficient (Wildman–Crippen LogP) is 1.25. The summed E-state index contributed by atoms with van der Waals surface area (Å²) in [5.74, 6) is 1.06. The number of nitrogens with one attached hydrogen (secondary N) is 1. The van der Waals surface area contributed by atoms with Crippen molar-refractivity contribution in [2.24, 2.45) is 0 Å². The lowest BCUT2D eigenvalue weighted by Crippen LogP contribution is -1.91. The summed E-state index contributed by atoms with van der Waals surface area (Å²) >= 11 is 1.52. The highest BCUT2D eigenvalue weighted by molar-refractivity contribution is 7.14. The van der Waals surface area contributed by atoms with Crippen molar-refractivity contribution in [2.75, 3.05) is 11.5 Å². The van der Waals surface area contributed by atoms with Crippen LogP contribution in [0.25, 0.3) is 21.9 Å². The molecule has 5 N–H and O–H groups in total. The van der Waals surface area contributed by atoms with Crippen molar-refractivity contribution in [2.45, 2.75) is 0 Å². The van der Waals surface area contributed by atoms with Gasteiger partial charge >= 0.3 is 0 Å². The van der Waals surface area contributed by atoms with Crippen LogP contribution in [0.3, 0.4) is 0 Å². The van der Waals surface area contributed by atoms with Gasteiger partial charge in [0.1, 0.15) is 11.8 Å². The lowest BCUT2D eigenvalue weighted by molar-refractivity contribution is 1.21. The van der Waals surface area contributed by atoms with Crippen LogP contribution in [-0.4, -0.2) is 19.9 Å². The fourth-order valence-corrected chi connectivity index (χ4v) is 2.23. The Kier molecular flexibility index (Phi) is 1.80. The minimum Gasteiger partial charge on any atom is -0.397 e. The number of aromatic amines is 1. The number of fused-ring (bicyclic) bond motifs is 1. The van der Waals surface area contributed by atoms with Crippen LogP contribution in [-0.2, 0) is 0 Å². The summed E-state index contributed by atoms with van der Waals surface area (Å²) in [4.78, 5) is 16.2. The number of rotatable bonds is 1. The van der Waals surface area contributed by atoms with Gasteiger partial charge in [-0.05, 0) is 11.4 Å². The highest BCUT2D eigenvalue weighted by Crippen LogP contribution is 2.30. The van der Waals surface area contributed by atoms with E-state index in [1.165, 1.54) is 17.7 Å². The minimum absolute atomic E-state index is 0.388. The van der Waals surface area contributed by atoms with Crippen molar-refractivity contribution in [3.05, 3.63) is 17.8 Å². The molecule has 0 spiro atoms. The number of nitrogens with zero attached hydrogens (tertiary/aromatic N) is 3. The molecule has 0 unspecified atom stereocenters. The zero-order valence-electron chi connectivity index (χ0n) is 8.14. The van der Waals surface area contributed by atoms with E-state index < -0.39 is 0 Å². The third-order valence-electron chi connectivity index (χ3n) is 2.23. The molecule has 0 fully saturated rings. The minimum atomic E-state index is 0.388. The number of anilines is 2. The quantitative estimate of drug-likeness (QED) is 0.585. The van der Waals surface area contributed by atoms with Crippen LogP contribution >= 0.6 is 11.3 Å². The molecule has 0 aromatic carbocycles. The van der Waals surface area contributed by atoms with Gasteiger partial charge in [0.15, 0.2) is 17.3 Å². The summed E-state index contributed by atoms with van der Waals surface area (Å²) in [7, 11) is 0. The Balaban J connectivity index is 2.27. The fraction of sp³-hybridized carbons (Fsp3) is 0. The van der Waals surface area contributed by atoms with E-state index in [9.17, 15) is 0 Å². The molecule has 3 aromatic heterocycles. The Morgan fingerprint density at radius 1 is 1.25 bits per heavy atom. The second-order valence-electron chi connectivity index (χ2n) is 3.25. The van der Waals surface area contributed by atoms with Gasteiger partial charge in [-0.2, -0.15) is 0 Å². The van der Waals surface area contributed by atoms with E-state index in [0.717, 1.165) is 4.88 Å². The molecule has 0 amide bonds. The first kappa shape index (κ1) is 9.10. The number of hydrogen-bond donors (Lipinski definition) is 3. The Morgan fingerprint density at radius 2 is 2.12 bits per heavy atom. The van der Waals surface area contributed by atoms with Crippen LogP contribution in [0.5, 0.6) is 0 Å². The Morgan fingerprint density at radius 3 is 2.81 bits per heavy atom. The molecular formula is C9H8N6S. The van der Waals surface area contributed by atoms with Gasteiger partial charge in [-0.15, -0.1) is 11.3 Å². The van der Waals surface area contributed by atoms with E-state index in [2.05, 4.69) is 19.9 Å². The van der Waals surface area contributed by atoms with E-state index in [-0.39, 0.29) is 0 Å². The molecule has 3 aromatic rings. The van der Waals surface area contributed by atoms with Crippen LogP contribution in [0.15, 0.2) is 17.8 Å². The number of nitrogens with two attached hydrogens (primary N) is 2. The summed E-state index contributed by atoms with van der Waals surface area (Å²) in [6.45, 7) is 0. The maximum Gasteiger partial charge on any atom is 0.183 e. The zero-order chi connectivity index (χ0) is 11.1. The Bertz CT molecular complexity index is 655. The predicted molar refractivity (Wildman–Crippen MR) is 63.8 cm³/mol. The van der Waals surface area contributed by atoms with E-state index in [1.54, 1.807) is 0 Å². The second-order valence-corrected chi connectivity index (χ2v) is 4.16. The summed E-state index contributed by atoms with van der Waals surface area (Å²) in [5.41, 5.74) is 13.4. The van der Waals surface area contributed by atoms with E-state index in [0.29, 0.717) is 28.5 Å². The molecule has 3 rings (SSSR count). The average Bonchev–Trinajstić information content (AvgIpc) is 2.84. The van der Waals surface area contributed by atoms with Gasteiger partial charge in [-0.3, -0.25) is 0 Å². The van der Waals surface area contributed by atoms with E-state index >= 15 is 0 Å². The molecule has 0 saturated carbocycles. The van der Waals surface area contributed by atoms with Gasteiger partial charge in [-0.1, -0.05) is 0 Å². The number of hydrogen-bond acceptors (Lipinski definition) is 6. The van der Waals surface area contributed by atoms with Gasteiger partial charge in [-0.25, -0.2) is 15.0 Å². The van der Waals surface area contributed by atoms with Crippen LogP contribution < -0.4 is 11.5 Å². The summed E-state index contributed by atoms with van der Waals surface area (Å²) in [6.07, 6.45) is 1.39. The molecule has 0 aliphatic carbocycles. The third kappa shape index (κ3) is 1.22. The number of aromatic nitrogens is 4. The SMILES string of the molecule is Nc1ccsc1-c1nc2ncnc(N)c2[nH]1. The fourth-order valence-electron chi connectivity index (χ4n) is 1.47. The highest BCUT2D eigenvalue weighted by atomic mass is 32.1. The van der Waals surface area contributed by atoms with Gasteiger partial charge in [0.05, 0.1) is 10.6 Å². The van der Waals surface area contributed by atoms with Gasteiger partial charge in [0.2, 0.25) is 0 Å². The van der Waals surface area contributed by atoms with Crippen LogP contribution in [0.1, 0.15) is 0 Å². The van der Waals surface area contributed by atoms with Gasteiger partial charge < -0.3 is 16.5 Å². The summed E-state index contributed by atoms with van der Waals surface area (Å²) < 4.78 is 0. The first-order valence-electron chi connectivity index (χ1n) is 4.55. The van der Waals surface area contributed by atoms with E-state index in [4.69, 9.17) is 11.5 Å². The number of nitrogen functional groups attached to an aromatic ring is 2. The largest absolute Gasteiger partial charge is 0.397 e. The Hall–Kier alpha value is -2.15. The van der Waals surface area contributed by atoms with Crippen molar-refractivity contribution in [1.82, 2.24) is 19.9 Å². The first-order valence-corrected chi connectivity index (χ1v) is 5.43. The molecule has 7 heteroatoms. The van der Waals surface area contributed by atoms with Crippen molar-refractivity contribution in [1.29, 1.82) is 0 Å². The lowest BCUT2D eigenvalue weighted by atomic mass is 10.4. The molecule has 0 atom stereocenters. The molecule has 0 aliphatic heterocycles. The van der Waals surface area contributed by atoms with Crippen molar-refractivity contribution >= 4 is 34.0 Å². The second kappa shape index (κ2) is 3.17. The van der Waals surface area contributed by atoms with Gasteiger partial charge in [0.25, 0.3) is 0 Å². The molecule has 3 heterocycles. The molecule has 0 radical (unpaired) electrons. The third-order valence-corrected chi connectivity index (χ3v) is 3.17. The topological polar surface area (TPSA) is 106 Å².